The Balaban J connectivity index is 0.556. The van der Waals surface area contributed by atoms with Gasteiger partial charge < -0.3 is 0 Å². The van der Waals surface area contributed by atoms with Crippen molar-refractivity contribution in [2.75, 3.05) is 0 Å². The van der Waals surface area contributed by atoms with Gasteiger partial charge in [-0.2, -0.15) is 21.0 Å². The molecule has 16 aliphatic rings. The second-order valence-electron chi connectivity index (χ2n) is 44.2. The maximum absolute atomic E-state index is 15.6. The lowest BCUT2D eigenvalue weighted by Gasteiger charge is -2.46. The quantitative estimate of drug-likeness (QED) is 0.0668. The number of ketones is 6. The third-order valence-electron chi connectivity index (χ3n) is 38.2. The first kappa shape index (κ1) is 83.5. The summed E-state index contributed by atoms with van der Waals surface area (Å²) in [6.45, 7) is 0. The highest BCUT2D eigenvalue weighted by atomic mass is 16.2. The summed E-state index contributed by atoms with van der Waals surface area (Å²) in [6, 6.07) is 77.3. The Morgan fingerprint density at radius 1 is 0.271 bits per heavy atom. The van der Waals surface area contributed by atoms with Crippen LogP contribution in [0, 0.1) is 63.1 Å². The van der Waals surface area contributed by atoms with Crippen LogP contribution in [-0.2, 0) is 32.5 Å². The van der Waals surface area contributed by atoms with Crippen LogP contribution in [0.4, 0.5) is 0 Å². The monoisotopic (exact) mass is 1810 g/mol. The van der Waals surface area contributed by atoms with Gasteiger partial charge in [0.05, 0.1) is 23.3 Å². The molecular weight excluding hydrogens is 1710 g/mol. The molecule has 12 aromatic carbocycles. The van der Waals surface area contributed by atoms with Crippen molar-refractivity contribution in [1.82, 2.24) is 0 Å². The van der Waals surface area contributed by atoms with Crippen LogP contribution in [0.15, 0.2) is 269 Å². The van der Waals surface area contributed by atoms with Crippen LogP contribution >= 0.6 is 0 Å². The van der Waals surface area contributed by atoms with Crippen LogP contribution in [-0.4, -0.2) is 34.7 Å². The number of nitriles is 4. The van der Waals surface area contributed by atoms with Crippen molar-refractivity contribution in [3.8, 4) is 46.5 Å². The summed E-state index contributed by atoms with van der Waals surface area (Å²) >= 11 is 0. The Morgan fingerprint density at radius 2 is 0.571 bits per heavy atom. The molecule has 6 saturated carbocycles. The van der Waals surface area contributed by atoms with Gasteiger partial charge in [0.25, 0.3) is 0 Å². The Kier molecular flexibility index (Phi) is 18.1. The van der Waals surface area contributed by atoms with Crippen LogP contribution in [0.3, 0.4) is 0 Å². The van der Waals surface area contributed by atoms with E-state index in [1.807, 2.05) is 103 Å². The number of benzene rings is 12. The van der Waals surface area contributed by atoms with Gasteiger partial charge in [0.2, 0.25) is 0 Å². The van der Waals surface area contributed by atoms with Gasteiger partial charge in [0.1, 0.15) is 23.6 Å². The predicted octanol–water partition coefficient (Wildman–Crippen LogP) is 29.5. The summed E-state index contributed by atoms with van der Waals surface area (Å²) in [6.07, 6.45) is 45.4. The van der Waals surface area contributed by atoms with Gasteiger partial charge in [0, 0.05) is 88.5 Å². The maximum Gasteiger partial charge on any atom is 0.197 e. The molecule has 0 aliphatic heterocycles. The number of Topliss-reactive ketones (excluding diaryl/α,β-unsaturated/α-hetero) is 6. The molecule has 0 saturated heterocycles. The molecule has 0 aromatic heterocycles. The predicted molar refractivity (Wildman–Crippen MR) is 550 cm³/mol. The van der Waals surface area contributed by atoms with Crippen LogP contribution in [0.25, 0.3) is 95.2 Å². The molecule has 12 aromatic rings. The number of hydrogen-bond donors (Lipinski definition) is 0. The summed E-state index contributed by atoms with van der Waals surface area (Å²) in [5.41, 5.74) is 28.4. The van der Waals surface area contributed by atoms with E-state index in [0.717, 1.165) is 244 Å². The molecule has 6 spiro atoms. The third kappa shape index (κ3) is 11.5. The fraction of sp³-hybridized carbons (Fsp3) is 0.292. The zero-order valence-corrected chi connectivity index (χ0v) is 78.4. The molecule has 1 unspecified atom stereocenters. The molecule has 28 rings (SSSR count). The molecule has 0 amide bonds. The van der Waals surface area contributed by atoms with Gasteiger partial charge in [-0.15, -0.1) is 0 Å². The smallest absolute Gasteiger partial charge is 0.197 e. The highest BCUT2D eigenvalue weighted by Gasteiger charge is 2.57. The molecule has 0 heterocycles. The van der Waals surface area contributed by atoms with Crippen molar-refractivity contribution in [3.63, 3.8) is 0 Å². The Morgan fingerprint density at radius 3 is 0.936 bits per heavy atom. The number of carbonyl (C=O) groups excluding carboxylic acids is 6. The lowest BCUT2D eigenvalue weighted by Crippen LogP contribution is -2.38. The molecule has 0 N–H and O–H groups in total. The first-order valence-electron chi connectivity index (χ1n) is 51.7. The van der Waals surface area contributed by atoms with E-state index < -0.39 is 38.9 Å². The van der Waals surface area contributed by atoms with E-state index in [1.54, 1.807) is 0 Å². The van der Waals surface area contributed by atoms with E-state index in [2.05, 4.69) is 164 Å². The van der Waals surface area contributed by atoms with Crippen molar-refractivity contribution >= 4 is 108 Å². The lowest BCUT2D eigenvalue weighted by molar-refractivity contribution is 0.0972. The number of allylic oxidation sites excluding steroid dienone is 14. The minimum absolute atomic E-state index is 0.0698. The highest BCUT2D eigenvalue weighted by molar-refractivity contribution is 6.42. The molecule has 10 nitrogen and oxygen atoms in total. The molecule has 16 aliphatic carbocycles. The van der Waals surface area contributed by atoms with Gasteiger partial charge in [0.15, 0.2) is 34.7 Å². The minimum atomic E-state index is -1.05. The van der Waals surface area contributed by atoms with Crippen molar-refractivity contribution < 1.29 is 28.8 Å². The molecule has 0 bridgehead atoms. The molecule has 10 heteroatoms. The fourth-order valence-corrected chi connectivity index (χ4v) is 31.5. The second kappa shape index (κ2) is 30.4. The molecular formula is C130H100N4O6. The van der Waals surface area contributed by atoms with E-state index in [4.69, 9.17) is 0 Å². The number of nitrogens with zero attached hydrogens (tertiary/aromatic N) is 4. The number of carbonyl (C=O) groups is 6. The van der Waals surface area contributed by atoms with Crippen molar-refractivity contribution in [2.24, 2.45) is 17.8 Å². The summed E-state index contributed by atoms with van der Waals surface area (Å²) < 4.78 is 0. The first-order chi connectivity index (χ1) is 68.5. The van der Waals surface area contributed by atoms with Crippen molar-refractivity contribution in [3.05, 3.63) is 380 Å². The first-order valence-corrected chi connectivity index (χ1v) is 51.7. The molecule has 1 atom stereocenters. The van der Waals surface area contributed by atoms with Crippen LogP contribution in [0.5, 0.6) is 0 Å². The normalized spacial score (nSPS) is 24.3. The standard InChI is InChI=1S/C130H100N4O6/c131-69-87(70-132)117-93-25-9-11-27-95(93)119(135)105(117)61-89-49-83-59-115-99(66-109(83)125(89)33-13-1-14-34-125)100-67-110-84(50-90(126(110)35-15-2-16-36-126)62-106-118(88(71-133)72-134)94-26-10-12-28-96(94)120(106)136)60-116(100)130(115)43-31-74(32-44-130)73-29-41-128(42-30-73)92(64-108-123(139)103-55-81-47-77-23-7-8-24-78(77)48-82(81)56-104(103)124(108)140)52-86-58-114-98(68-112(86)128)97-65-111-85(57-113(97)129(114)39-19-4-20-40-129)51-91(127(111)37-17-3-18-38-127)63-107-121(137)101-53-79-45-75-21-5-6-22-76(75)46-80(79)54-102(101)122(107)138/h5-12,21-28,45-68,73-74,87,117H,1-4,13-20,29-44H2/b105-61-,106-62-. The third-order valence-corrected chi connectivity index (χ3v) is 38.2. The Hall–Kier alpha value is -14.7. The van der Waals surface area contributed by atoms with E-state index >= 15 is 24.0 Å². The molecule has 0 radical (unpaired) electrons. The lowest BCUT2D eigenvalue weighted by atomic mass is 9.58. The summed E-state index contributed by atoms with van der Waals surface area (Å²) in [4.78, 5) is 91.1. The fourth-order valence-electron chi connectivity index (χ4n) is 31.5. The summed E-state index contributed by atoms with van der Waals surface area (Å²) in [5.74, 6) is -2.09. The second-order valence-corrected chi connectivity index (χ2v) is 44.2. The van der Waals surface area contributed by atoms with E-state index in [0.29, 0.717) is 67.5 Å². The van der Waals surface area contributed by atoms with E-state index in [9.17, 15) is 25.8 Å². The Labute approximate surface area is 814 Å². The number of hydrogen-bond acceptors (Lipinski definition) is 10. The maximum atomic E-state index is 15.6. The highest BCUT2D eigenvalue weighted by Crippen LogP contribution is 2.68. The van der Waals surface area contributed by atoms with Gasteiger partial charge in [-0.1, -0.05) is 204 Å². The SMILES string of the molecule is N#CC(C#N)=C1/C(=C/C2=Cc3cc4c(cc3C23CCCCC3)-c2cc3c(cc2C42CCC(C4CCC5(CC4)C(C=C4C(=O)c6cc7cc8ccccc8cc7cc6C4=O)=Cc4cc6c(cc45)-c4cc5c(cc4C64CCCCC4)C=C(C=C4C(=O)c6cc7cc8ccccc8cc7cc6C4=O)C54CCCCC4)CC2)C=C(/C=C2\C(=O)c4ccccc4C2C(C#N)C#N)C32CCCCC2)C(=O)c2ccccc21. The Bertz CT molecular complexity index is 8220. The van der Waals surface area contributed by atoms with E-state index in [-0.39, 0.29) is 56.8 Å². The van der Waals surface area contributed by atoms with Crippen molar-refractivity contribution in [2.45, 2.75) is 218 Å². The van der Waals surface area contributed by atoms with Gasteiger partial charge >= 0.3 is 0 Å². The molecule has 6 fully saturated rings. The summed E-state index contributed by atoms with van der Waals surface area (Å²) in [7, 11) is 0. The van der Waals surface area contributed by atoms with Gasteiger partial charge in [-0.25, -0.2) is 0 Å². The van der Waals surface area contributed by atoms with Gasteiger partial charge in [-0.3, -0.25) is 28.8 Å². The zero-order chi connectivity index (χ0) is 93.9. The minimum Gasteiger partial charge on any atom is -0.289 e. The number of rotatable bonds is 6. The van der Waals surface area contributed by atoms with E-state index in [1.165, 1.54) is 95.4 Å². The largest absolute Gasteiger partial charge is 0.289 e. The van der Waals surface area contributed by atoms with Gasteiger partial charge in [-0.05, 0) is 395 Å². The van der Waals surface area contributed by atoms with Crippen LogP contribution in [0.1, 0.15) is 326 Å². The van der Waals surface area contributed by atoms with Crippen molar-refractivity contribution in [1.29, 1.82) is 21.0 Å². The zero-order valence-electron chi connectivity index (χ0n) is 78.4. The van der Waals surface area contributed by atoms with Crippen LogP contribution < -0.4 is 0 Å². The number of fused-ring (bicyclic) bond motifs is 26. The average molecular weight is 1810 g/mol. The summed E-state index contributed by atoms with van der Waals surface area (Å²) in [5, 5.41) is 50.7. The van der Waals surface area contributed by atoms with Crippen LogP contribution in [0.2, 0.25) is 0 Å². The average Bonchev–Trinajstić information content (AvgIpc) is 1.52. The molecule has 676 valence electrons. The molecule has 140 heavy (non-hydrogen) atoms. The topological polar surface area (TPSA) is 198 Å².